The van der Waals surface area contributed by atoms with Gasteiger partial charge in [-0.3, -0.25) is 0 Å². The quantitative estimate of drug-likeness (QED) is 0.488. The highest BCUT2D eigenvalue weighted by molar-refractivity contribution is 5.71. The fourth-order valence-corrected chi connectivity index (χ4v) is 2.88. The van der Waals surface area contributed by atoms with Crippen LogP contribution in [0.4, 0.5) is 4.39 Å². The predicted octanol–water partition coefficient (Wildman–Crippen LogP) is 6.76. The van der Waals surface area contributed by atoms with Crippen molar-refractivity contribution in [2.24, 2.45) is 0 Å². The first-order valence-electron chi connectivity index (χ1n) is 8.33. The zero-order valence-corrected chi connectivity index (χ0v) is 13.9. The summed E-state index contributed by atoms with van der Waals surface area (Å²) >= 11 is 0. The summed E-state index contributed by atoms with van der Waals surface area (Å²) in [5.41, 5.74) is 5.80. The van der Waals surface area contributed by atoms with E-state index in [1.54, 1.807) is 12.1 Å². The molecule has 0 aliphatic rings. The Bertz CT molecular complexity index is 827. The van der Waals surface area contributed by atoms with E-state index in [0.717, 1.165) is 35.1 Å². The maximum atomic E-state index is 14.6. The second-order valence-corrected chi connectivity index (χ2v) is 5.97. The lowest BCUT2D eigenvalue weighted by molar-refractivity contribution is 0.632. The minimum atomic E-state index is -0.198. The highest BCUT2D eigenvalue weighted by Crippen LogP contribution is 2.28. The van der Waals surface area contributed by atoms with Crippen molar-refractivity contribution >= 4 is 6.08 Å². The van der Waals surface area contributed by atoms with Gasteiger partial charge in [-0.25, -0.2) is 4.39 Å². The Morgan fingerprint density at radius 1 is 0.833 bits per heavy atom. The molecule has 0 atom stereocenters. The zero-order valence-electron chi connectivity index (χ0n) is 13.9. The van der Waals surface area contributed by atoms with Crippen LogP contribution in [0.1, 0.15) is 24.5 Å². The number of halogens is 1. The molecular formula is C23H21F. The molecule has 0 aliphatic heterocycles. The van der Waals surface area contributed by atoms with Crippen LogP contribution in [0.15, 0.2) is 73.3 Å². The van der Waals surface area contributed by atoms with Gasteiger partial charge in [0, 0.05) is 5.56 Å². The fourth-order valence-electron chi connectivity index (χ4n) is 2.88. The van der Waals surface area contributed by atoms with Gasteiger partial charge >= 0.3 is 0 Å². The Labute approximate surface area is 143 Å². The van der Waals surface area contributed by atoms with Crippen molar-refractivity contribution in [3.8, 4) is 22.3 Å². The molecule has 0 amide bonds. The molecule has 3 aromatic rings. The van der Waals surface area contributed by atoms with Crippen LogP contribution < -0.4 is 0 Å². The molecule has 0 radical (unpaired) electrons. The van der Waals surface area contributed by atoms with E-state index in [9.17, 15) is 4.39 Å². The molecule has 1 heteroatoms. The second-order valence-electron chi connectivity index (χ2n) is 5.97. The first-order chi connectivity index (χ1) is 11.7. The number of aryl methyl sites for hydroxylation is 1. The van der Waals surface area contributed by atoms with Gasteiger partial charge in [-0.05, 0) is 40.3 Å². The standard InChI is InChI=1S/C23H21F/c1-3-5-18-8-10-19(11-9-18)21-14-15-22(23(24)16-21)20-12-6-17(4-2)7-13-20/h4,6-16H,2-3,5H2,1H3. The van der Waals surface area contributed by atoms with E-state index in [1.807, 2.05) is 36.4 Å². The van der Waals surface area contributed by atoms with E-state index in [0.29, 0.717) is 5.56 Å². The molecule has 3 rings (SSSR count). The maximum Gasteiger partial charge on any atom is 0.131 e. The average molecular weight is 316 g/mol. The van der Waals surface area contributed by atoms with Crippen LogP contribution in [0.2, 0.25) is 0 Å². The second kappa shape index (κ2) is 7.27. The lowest BCUT2D eigenvalue weighted by Crippen LogP contribution is -1.88. The van der Waals surface area contributed by atoms with Crippen molar-refractivity contribution in [2.45, 2.75) is 19.8 Å². The van der Waals surface area contributed by atoms with Crippen molar-refractivity contribution in [3.05, 3.63) is 90.3 Å². The van der Waals surface area contributed by atoms with E-state index in [4.69, 9.17) is 0 Å². The largest absolute Gasteiger partial charge is 0.206 e. The normalized spacial score (nSPS) is 10.6. The van der Waals surface area contributed by atoms with E-state index in [1.165, 1.54) is 5.56 Å². The van der Waals surface area contributed by atoms with Crippen molar-refractivity contribution in [2.75, 3.05) is 0 Å². The van der Waals surface area contributed by atoms with Gasteiger partial charge in [0.15, 0.2) is 0 Å². The predicted molar refractivity (Wildman–Crippen MR) is 101 cm³/mol. The lowest BCUT2D eigenvalue weighted by Gasteiger charge is -2.08. The minimum absolute atomic E-state index is 0.198. The van der Waals surface area contributed by atoms with Gasteiger partial charge in [0.25, 0.3) is 0 Å². The highest BCUT2D eigenvalue weighted by atomic mass is 19.1. The Morgan fingerprint density at radius 3 is 2.04 bits per heavy atom. The van der Waals surface area contributed by atoms with E-state index in [-0.39, 0.29) is 5.82 Å². The Hall–Kier alpha value is -2.67. The summed E-state index contributed by atoms with van der Waals surface area (Å²) in [5.74, 6) is -0.198. The molecule has 0 unspecified atom stereocenters. The fraction of sp³-hybridized carbons (Fsp3) is 0.130. The smallest absolute Gasteiger partial charge is 0.131 e. The molecule has 0 saturated carbocycles. The third-order valence-corrected chi connectivity index (χ3v) is 4.25. The summed E-state index contributed by atoms with van der Waals surface area (Å²) in [5, 5.41) is 0. The number of hydrogen-bond donors (Lipinski definition) is 0. The van der Waals surface area contributed by atoms with E-state index < -0.39 is 0 Å². The molecule has 3 aromatic carbocycles. The minimum Gasteiger partial charge on any atom is -0.206 e. The summed E-state index contributed by atoms with van der Waals surface area (Å²) in [6.45, 7) is 5.91. The van der Waals surface area contributed by atoms with Crippen LogP contribution in [0.3, 0.4) is 0 Å². The van der Waals surface area contributed by atoms with Crippen LogP contribution in [-0.4, -0.2) is 0 Å². The van der Waals surface area contributed by atoms with Gasteiger partial charge in [0.1, 0.15) is 5.82 Å². The summed E-state index contributed by atoms with van der Waals surface area (Å²) in [6.07, 6.45) is 3.99. The average Bonchev–Trinajstić information content (AvgIpc) is 2.63. The molecule has 120 valence electrons. The van der Waals surface area contributed by atoms with Gasteiger partial charge in [0.2, 0.25) is 0 Å². The first-order valence-corrected chi connectivity index (χ1v) is 8.33. The van der Waals surface area contributed by atoms with Gasteiger partial charge in [-0.15, -0.1) is 0 Å². The van der Waals surface area contributed by atoms with Crippen molar-refractivity contribution in [1.29, 1.82) is 0 Å². The zero-order chi connectivity index (χ0) is 16.9. The van der Waals surface area contributed by atoms with E-state index >= 15 is 0 Å². The van der Waals surface area contributed by atoms with Crippen LogP contribution in [0, 0.1) is 5.82 Å². The van der Waals surface area contributed by atoms with Crippen LogP contribution >= 0.6 is 0 Å². The van der Waals surface area contributed by atoms with E-state index in [2.05, 4.69) is 37.8 Å². The third-order valence-electron chi connectivity index (χ3n) is 4.25. The Balaban J connectivity index is 1.89. The molecule has 0 aromatic heterocycles. The third kappa shape index (κ3) is 3.46. The first kappa shape index (κ1) is 16.2. The number of rotatable bonds is 5. The van der Waals surface area contributed by atoms with Crippen LogP contribution in [-0.2, 0) is 6.42 Å². The summed E-state index contributed by atoms with van der Waals surface area (Å²) in [7, 11) is 0. The van der Waals surface area contributed by atoms with Crippen molar-refractivity contribution in [1.82, 2.24) is 0 Å². The molecule has 0 saturated heterocycles. The number of hydrogen-bond acceptors (Lipinski definition) is 0. The molecule has 0 nitrogen and oxygen atoms in total. The molecule has 0 bridgehead atoms. The Morgan fingerprint density at radius 2 is 1.46 bits per heavy atom. The van der Waals surface area contributed by atoms with Gasteiger partial charge < -0.3 is 0 Å². The monoisotopic (exact) mass is 316 g/mol. The van der Waals surface area contributed by atoms with Crippen LogP contribution in [0.25, 0.3) is 28.3 Å². The van der Waals surface area contributed by atoms with Gasteiger partial charge in [-0.1, -0.05) is 86.7 Å². The molecule has 0 aliphatic carbocycles. The molecule has 0 N–H and O–H groups in total. The number of benzene rings is 3. The molecule has 0 spiro atoms. The molecule has 24 heavy (non-hydrogen) atoms. The Kier molecular flexibility index (Phi) is 4.90. The van der Waals surface area contributed by atoms with Crippen LogP contribution in [0.5, 0.6) is 0 Å². The lowest BCUT2D eigenvalue weighted by atomic mass is 9.98. The van der Waals surface area contributed by atoms with Gasteiger partial charge in [0.05, 0.1) is 0 Å². The van der Waals surface area contributed by atoms with Crippen molar-refractivity contribution < 1.29 is 4.39 Å². The highest BCUT2D eigenvalue weighted by Gasteiger charge is 2.07. The molecule has 0 fully saturated rings. The summed E-state index contributed by atoms with van der Waals surface area (Å²) in [4.78, 5) is 0. The molecule has 0 heterocycles. The maximum absolute atomic E-state index is 14.6. The molecular weight excluding hydrogens is 295 g/mol. The topological polar surface area (TPSA) is 0 Å². The van der Waals surface area contributed by atoms with Gasteiger partial charge in [-0.2, -0.15) is 0 Å². The summed E-state index contributed by atoms with van der Waals surface area (Å²) < 4.78 is 14.6. The van der Waals surface area contributed by atoms with Crippen molar-refractivity contribution in [3.63, 3.8) is 0 Å². The summed E-state index contributed by atoms with van der Waals surface area (Å²) in [6, 6.07) is 21.6. The SMILES string of the molecule is C=Cc1ccc(-c2ccc(-c3ccc(CCC)cc3)cc2F)cc1.